The largest absolute Gasteiger partial charge is 0.462 e. The van der Waals surface area contributed by atoms with Gasteiger partial charge >= 0.3 is 5.97 Å². The Kier molecular flexibility index (Phi) is 38.9. The molecule has 53 heavy (non-hydrogen) atoms. The van der Waals surface area contributed by atoms with Crippen LogP contribution in [0.1, 0.15) is 201 Å². The van der Waals surface area contributed by atoms with Gasteiger partial charge in [-0.1, -0.05) is 210 Å². The van der Waals surface area contributed by atoms with Crippen LogP contribution in [0.3, 0.4) is 0 Å². The van der Waals surface area contributed by atoms with Crippen molar-refractivity contribution in [2.75, 3.05) is 6.61 Å². The van der Waals surface area contributed by atoms with E-state index < -0.39 is 18.2 Å². The van der Waals surface area contributed by atoms with Gasteiger partial charge < -0.3 is 20.3 Å². The normalized spacial score (nSPS) is 14.0. The highest BCUT2D eigenvalue weighted by atomic mass is 16.5. The SMILES string of the molecule is CC/C=C/C=C/C=C\C=C/C=C/CCCC(=O)OC(CCCCCCCCCCCCC)CC(=O)NC(CO)C(O)CCCCCCCCCCCC. The lowest BCUT2D eigenvalue weighted by Gasteiger charge is -2.24. The minimum atomic E-state index is -0.797. The molecular formula is C47H83NO5. The fourth-order valence-corrected chi connectivity index (χ4v) is 6.40. The van der Waals surface area contributed by atoms with Gasteiger partial charge in [-0.2, -0.15) is 0 Å². The molecule has 0 aromatic rings. The molecule has 306 valence electrons. The van der Waals surface area contributed by atoms with E-state index in [1.807, 2.05) is 54.7 Å². The summed E-state index contributed by atoms with van der Waals surface area (Å²) in [7, 11) is 0. The molecule has 0 heterocycles. The van der Waals surface area contributed by atoms with E-state index in [-0.39, 0.29) is 24.9 Å². The number of ether oxygens (including phenoxy) is 1. The zero-order valence-electron chi connectivity index (χ0n) is 34.6. The maximum atomic E-state index is 13.1. The van der Waals surface area contributed by atoms with Gasteiger partial charge in [-0.25, -0.2) is 0 Å². The minimum absolute atomic E-state index is 0.0489. The minimum Gasteiger partial charge on any atom is -0.462 e. The first-order chi connectivity index (χ1) is 26.0. The quantitative estimate of drug-likeness (QED) is 0.0333. The fourth-order valence-electron chi connectivity index (χ4n) is 6.40. The van der Waals surface area contributed by atoms with Crippen molar-refractivity contribution in [2.24, 2.45) is 0 Å². The molecule has 0 rings (SSSR count). The molecule has 0 saturated carbocycles. The Morgan fingerprint density at radius 3 is 1.47 bits per heavy atom. The Morgan fingerprint density at radius 1 is 0.566 bits per heavy atom. The molecule has 0 spiro atoms. The number of amides is 1. The van der Waals surface area contributed by atoms with Gasteiger partial charge in [0, 0.05) is 6.42 Å². The molecular weight excluding hydrogens is 659 g/mol. The third kappa shape index (κ3) is 36.3. The monoisotopic (exact) mass is 742 g/mol. The first kappa shape index (κ1) is 50.6. The maximum absolute atomic E-state index is 13.1. The van der Waals surface area contributed by atoms with Crippen LogP contribution in [0.2, 0.25) is 0 Å². The number of aliphatic hydroxyl groups is 2. The third-order valence-electron chi connectivity index (χ3n) is 9.74. The van der Waals surface area contributed by atoms with Crippen molar-refractivity contribution in [3.63, 3.8) is 0 Å². The highest BCUT2D eigenvalue weighted by Gasteiger charge is 2.24. The lowest BCUT2D eigenvalue weighted by molar-refractivity contribution is -0.151. The van der Waals surface area contributed by atoms with Crippen LogP contribution in [0.4, 0.5) is 0 Å². The number of carbonyl (C=O) groups excluding carboxylic acids is 2. The Bertz CT molecular complexity index is 968. The van der Waals surface area contributed by atoms with E-state index >= 15 is 0 Å². The molecule has 0 saturated heterocycles. The predicted octanol–water partition coefficient (Wildman–Crippen LogP) is 12.5. The van der Waals surface area contributed by atoms with E-state index in [1.54, 1.807) is 0 Å². The van der Waals surface area contributed by atoms with E-state index in [0.29, 0.717) is 25.7 Å². The van der Waals surface area contributed by atoms with Crippen LogP contribution in [0.5, 0.6) is 0 Å². The van der Waals surface area contributed by atoms with Crippen LogP contribution in [0.15, 0.2) is 60.8 Å². The second-order valence-corrected chi connectivity index (χ2v) is 14.8. The van der Waals surface area contributed by atoms with Gasteiger partial charge in [0.25, 0.3) is 0 Å². The van der Waals surface area contributed by atoms with Crippen LogP contribution in [0, 0.1) is 0 Å². The molecule has 1 amide bonds. The number of allylic oxidation sites excluding steroid dienone is 10. The molecule has 0 aromatic carbocycles. The van der Waals surface area contributed by atoms with Crippen molar-refractivity contribution < 1.29 is 24.5 Å². The molecule has 6 nitrogen and oxygen atoms in total. The highest BCUT2D eigenvalue weighted by molar-refractivity contribution is 5.77. The number of hydrogen-bond donors (Lipinski definition) is 3. The molecule has 6 heteroatoms. The number of rotatable bonds is 38. The van der Waals surface area contributed by atoms with Gasteiger partial charge in [0.15, 0.2) is 0 Å². The molecule has 0 radical (unpaired) electrons. The van der Waals surface area contributed by atoms with Gasteiger partial charge in [0.1, 0.15) is 6.10 Å². The Morgan fingerprint density at radius 2 is 1.00 bits per heavy atom. The number of esters is 1. The molecule has 0 aromatic heterocycles. The summed E-state index contributed by atoms with van der Waals surface area (Å²) in [5, 5.41) is 23.6. The number of nitrogens with one attached hydrogen (secondary N) is 1. The lowest BCUT2D eigenvalue weighted by atomic mass is 10.0. The van der Waals surface area contributed by atoms with E-state index in [0.717, 1.165) is 51.4 Å². The third-order valence-corrected chi connectivity index (χ3v) is 9.74. The molecule has 0 aliphatic rings. The van der Waals surface area contributed by atoms with Gasteiger partial charge in [-0.15, -0.1) is 0 Å². The average molecular weight is 742 g/mol. The van der Waals surface area contributed by atoms with E-state index in [1.165, 1.54) is 96.3 Å². The van der Waals surface area contributed by atoms with Crippen molar-refractivity contribution in [1.29, 1.82) is 0 Å². The van der Waals surface area contributed by atoms with Crippen molar-refractivity contribution >= 4 is 11.9 Å². The summed E-state index contributed by atoms with van der Waals surface area (Å²) in [5.74, 6) is -0.565. The van der Waals surface area contributed by atoms with Crippen molar-refractivity contribution in [3.8, 4) is 0 Å². The second-order valence-electron chi connectivity index (χ2n) is 14.8. The zero-order chi connectivity index (χ0) is 38.9. The van der Waals surface area contributed by atoms with E-state index in [9.17, 15) is 19.8 Å². The summed E-state index contributed by atoms with van der Waals surface area (Å²) in [4.78, 5) is 25.9. The summed E-state index contributed by atoms with van der Waals surface area (Å²) < 4.78 is 5.85. The smallest absolute Gasteiger partial charge is 0.306 e. The number of unbranched alkanes of at least 4 members (excludes halogenated alkanes) is 20. The Labute approximate surface area is 327 Å². The van der Waals surface area contributed by atoms with Gasteiger partial charge in [-0.05, 0) is 38.5 Å². The number of carbonyl (C=O) groups is 2. The molecule has 3 N–H and O–H groups in total. The van der Waals surface area contributed by atoms with E-state index in [2.05, 4.69) is 32.2 Å². The van der Waals surface area contributed by atoms with E-state index in [4.69, 9.17) is 4.74 Å². The van der Waals surface area contributed by atoms with Gasteiger partial charge in [-0.3, -0.25) is 9.59 Å². The highest BCUT2D eigenvalue weighted by Crippen LogP contribution is 2.17. The first-order valence-corrected chi connectivity index (χ1v) is 22.1. The Balaban J connectivity index is 4.72. The van der Waals surface area contributed by atoms with Gasteiger partial charge in [0.05, 0.1) is 25.2 Å². The summed E-state index contributed by atoms with van der Waals surface area (Å²) in [5.41, 5.74) is 0. The topological polar surface area (TPSA) is 95.9 Å². The average Bonchev–Trinajstić information content (AvgIpc) is 3.15. The summed E-state index contributed by atoms with van der Waals surface area (Å²) >= 11 is 0. The standard InChI is InChI=1S/C47H83NO5/c1-4-7-10-13-16-19-22-23-25-28-31-34-37-40-47(52)53-43(38-35-32-29-26-24-20-17-14-11-8-5-2)41-46(51)48-44(42-49)45(50)39-36-33-30-27-21-18-15-12-9-6-3/h7,10,13,16,19,22-23,25,28,31,43-45,49-50H,4-6,8-9,11-12,14-15,17-18,20-21,24,26-27,29-30,32-42H2,1-3H3,(H,48,51)/b10-7+,16-13+,22-19-,25-23-,31-28+. The van der Waals surface area contributed by atoms with Crippen LogP contribution in [-0.4, -0.2) is 46.9 Å². The van der Waals surface area contributed by atoms with Crippen molar-refractivity contribution in [3.05, 3.63) is 60.8 Å². The van der Waals surface area contributed by atoms with Gasteiger partial charge in [0.2, 0.25) is 5.91 Å². The Hall–Kier alpha value is -2.44. The van der Waals surface area contributed by atoms with Crippen molar-refractivity contribution in [2.45, 2.75) is 219 Å². The lowest BCUT2D eigenvalue weighted by Crippen LogP contribution is -2.46. The molecule has 0 fully saturated rings. The summed E-state index contributed by atoms with van der Waals surface area (Å²) in [6.07, 6.45) is 48.5. The number of hydrogen-bond acceptors (Lipinski definition) is 5. The maximum Gasteiger partial charge on any atom is 0.306 e. The summed E-state index contributed by atoms with van der Waals surface area (Å²) in [6, 6.07) is -0.713. The first-order valence-electron chi connectivity index (χ1n) is 22.1. The molecule has 0 aliphatic heterocycles. The van der Waals surface area contributed by atoms with Crippen LogP contribution >= 0.6 is 0 Å². The predicted molar refractivity (Wildman–Crippen MR) is 227 cm³/mol. The molecule has 3 atom stereocenters. The van der Waals surface area contributed by atoms with Crippen LogP contribution in [0.25, 0.3) is 0 Å². The molecule has 0 aliphatic carbocycles. The molecule has 3 unspecified atom stereocenters. The molecule has 0 bridgehead atoms. The zero-order valence-corrected chi connectivity index (χ0v) is 34.6. The fraction of sp³-hybridized carbons (Fsp3) is 0.745. The van der Waals surface area contributed by atoms with Crippen molar-refractivity contribution in [1.82, 2.24) is 5.32 Å². The summed E-state index contributed by atoms with van der Waals surface area (Å²) in [6.45, 7) is 6.28. The number of aliphatic hydroxyl groups excluding tert-OH is 2. The van der Waals surface area contributed by atoms with Crippen LogP contribution in [-0.2, 0) is 14.3 Å². The van der Waals surface area contributed by atoms with Crippen LogP contribution < -0.4 is 5.32 Å². The second kappa shape index (κ2) is 40.7.